The average molecular weight is 489 g/mol. The molecule has 1 aromatic rings. The zero-order valence-electron chi connectivity index (χ0n) is 11.7. The van der Waals surface area contributed by atoms with Gasteiger partial charge in [0.15, 0.2) is 0 Å². The first-order chi connectivity index (χ1) is 9.08. The Labute approximate surface area is 154 Å². The first-order valence-electron chi connectivity index (χ1n) is 6.36. The van der Waals surface area contributed by atoms with Gasteiger partial charge < -0.3 is 9.84 Å². The molecule has 0 amide bonds. The number of esters is 1. The van der Waals surface area contributed by atoms with Gasteiger partial charge in [-0.2, -0.15) is 0 Å². The van der Waals surface area contributed by atoms with E-state index in [1.54, 1.807) is 0 Å². The van der Waals surface area contributed by atoms with Crippen LogP contribution in [0.3, 0.4) is 0 Å². The zero-order chi connectivity index (χ0) is 14.0. The third-order valence-corrected chi connectivity index (χ3v) is 3.85. The summed E-state index contributed by atoms with van der Waals surface area (Å²) in [5.74, 6) is -2.01. The van der Waals surface area contributed by atoms with Gasteiger partial charge in [-0.1, -0.05) is 29.8 Å². The number of methoxy groups -OCH3 is 1. The van der Waals surface area contributed by atoms with Crippen molar-refractivity contribution in [3.8, 4) is 0 Å². The predicted octanol–water partition coefficient (Wildman–Crippen LogP) is 1.45. The molecule has 3 atom stereocenters. The summed E-state index contributed by atoms with van der Waals surface area (Å²) in [6.45, 7) is 1.79. The Balaban J connectivity index is 0.00000200. The molecule has 5 heteroatoms. The smallest absolute Gasteiger partial charge is 0.316 e. The van der Waals surface area contributed by atoms with Gasteiger partial charge in [0.05, 0.1) is 7.11 Å². The second kappa shape index (κ2) is 7.68. The van der Waals surface area contributed by atoms with E-state index in [0.29, 0.717) is 0 Å². The van der Waals surface area contributed by atoms with Crippen molar-refractivity contribution in [1.82, 2.24) is 0 Å². The number of aryl methyl sites for hydroxylation is 1. The number of aliphatic hydroxyl groups is 1. The van der Waals surface area contributed by atoms with Crippen LogP contribution in [0, 0.1) is 62.8 Å². The second-order valence-electron chi connectivity index (χ2n) is 5.04. The van der Waals surface area contributed by atoms with Crippen LogP contribution < -0.4 is 0 Å². The van der Waals surface area contributed by atoms with Crippen LogP contribution in [0.5, 0.6) is 0 Å². The Morgan fingerprint density at radius 2 is 2.15 bits per heavy atom. The number of Topliss-reactive ketones (excluding diaryl/α,β-unsaturated/α-hetero) is 1. The maximum Gasteiger partial charge on any atom is 0.316 e. The minimum atomic E-state index is -0.833. The number of aliphatic hydroxyl groups excluding tert-OH is 1. The Kier molecular flexibility index (Phi) is 6.84. The van der Waals surface area contributed by atoms with Gasteiger partial charge in [-0.3, -0.25) is 9.59 Å². The minimum Gasteiger partial charge on any atom is -0.468 e. The molecular formula is C15H18AcO4. The van der Waals surface area contributed by atoms with Crippen molar-refractivity contribution >= 4 is 11.8 Å². The van der Waals surface area contributed by atoms with Crippen molar-refractivity contribution in [2.75, 3.05) is 13.7 Å². The molecular weight excluding hydrogens is 471 g/mol. The molecule has 0 saturated heterocycles. The molecule has 1 N–H and O–H groups in total. The molecule has 0 heterocycles. The van der Waals surface area contributed by atoms with Crippen molar-refractivity contribution in [3.63, 3.8) is 0 Å². The van der Waals surface area contributed by atoms with Gasteiger partial charge in [-0.05, 0) is 18.4 Å². The summed E-state index contributed by atoms with van der Waals surface area (Å²) in [5.41, 5.74) is 2.10. The van der Waals surface area contributed by atoms with Crippen LogP contribution in [0.1, 0.15) is 23.5 Å². The third-order valence-electron chi connectivity index (χ3n) is 3.85. The maximum atomic E-state index is 12.0. The standard InChI is InChI=1S/C15H18O4.Ac/c1-9-4-3-5-10(6-9)11-7-13(17)14(12(11)8-16)15(18)19-2;/h3-6,11-12,14,16H,7-8H2,1-2H3;/t11-,12-,14?;/m1./s1. The number of ketones is 1. The summed E-state index contributed by atoms with van der Waals surface area (Å²) >= 11 is 0. The summed E-state index contributed by atoms with van der Waals surface area (Å²) in [6, 6.07) is 7.84. The monoisotopic (exact) mass is 489 g/mol. The summed E-state index contributed by atoms with van der Waals surface area (Å²) in [7, 11) is 1.27. The second-order valence-corrected chi connectivity index (χ2v) is 5.04. The van der Waals surface area contributed by atoms with Gasteiger partial charge in [0.2, 0.25) is 0 Å². The van der Waals surface area contributed by atoms with Crippen molar-refractivity contribution in [2.45, 2.75) is 19.3 Å². The molecule has 1 saturated carbocycles. The number of ether oxygens (including phenoxy) is 1. The van der Waals surface area contributed by atoms with E-state index in [1.165, 1.54) is 7.11 Å². The molecule has 1 aromatic carbocycles. The number of hydrogen-bond acceptors (Lipinski definition) is 4. The van der Waals surface area contributed by atoms with E-state index in [0.717, 1.165) is 11.1 Å². The number of carbonyl (C=O) groups excluding carboxylic acids is 2. The maximum absolute atomic E-state index is 12.0. The van der Waals surface area contributed by atoms with Crippen LogP contribution >= 0.6 is 0 Å². The Morgan fingerprint density at radius 3 is 2.70 bits per heavy atom. The Bertz CT molecular complexity index is 500. The largest absolute Gasteiger partial charge is 0.468 e. The van der Waals surface area contributed by atoms with Gasteiger partial charge in [0.1, 0.15) is 11.7 Å². The molecule has 1 aliphatic carbocycles. The normalized spacial score (nSPS) is 25.1. The van der Waals surface area contributed by atoms with Gasteiger partial charge >= 0.3 is 5.97 Å². The third kappa shape index (κ3) is 3.50. The van der Waals surface area contributed by atoms with E-state index in [9.17, 15) is 14.7 Å². The summed E-state index contributed by atoms with van der Waals surface area (Å²) < 4.78 is 4.67. The average Bonchev–Trinajstić information content (AvgIpc) is 2.74. The fourth-order valence-corrected chi connectivity index (χ4v) is 2.90. The Hall–Kier alpha value is -0.238. The molecule has 0 aliphatic heterocycles. The zero-order valence-corrected chi connectivity index (χ0v) is 16.5. The van der Waals surface area contributed by atoms with E-state index >= 15 is 0 Å². The van der Waals surface area contributed by atoms with E-state index < -0.39 is 11.9 Å². The van der Waals surface area contributed by atoms with Crippen LogP contribution in [0.2, 0.25) is 0 Å². The van der Waals surface area contributed by atoms with Crippen LogP contribution in [-0.4, -0.2) is 30.6 Å². The first kappa shape index (κ1) is 17.8. The van der Waals surface area contributed by atoms with Crippen LogP contribution in [0.15, 0.2) is 24.3 Å². The number of hydrogen-bond donors (Lipinski definition) is 1. The quantitative estimate of drug-likeness (QED) is 0.516. The van der Waals surface area contributed by atoms with Crippen molar-refractivity contribution in [1.29, 1.82) is 0 Å². The van der Waals surface area contributed by atoms with Crippen LogP contribution in [0.4, 0.5) is 0 Å². The van der Waals surface area contributed by atoms with Gasteiger partial charge in [0, 0.05) is 63.0 Å². The fourth-order valence-electron chi connectivity index (χ4n) is 2.90. The van der Waals surface area contributed by atoms with Gasteiger partial charge in [-0.15, -0.1) is 0 Å². The molecule has 1 fully saturated rings. The fraction of sp³-hybridized carbons (Fsp3) is 0.467. The van der Waals surface area contributed by atoms with E-state index in [1.807, 2.05) is 31.2 Å². The van der Waals surface area contributed by atoms with E-state index in [-0.39, 0.29) is 74.7 Å². The first-order valence-corrected chi connectivity index (χ1v) is 6.36. The van der Waals surface area contributed by atoms with Gasteiger partial charge in [0.25, 0.3) is 0 Å². The molecule has 4 nitrogen and oxygen atoms in total. The summed E-state index contributed by atoms with van der Waals surface area (Å²) in [6.07, 6.45) is 0.286. The molecule has 2 rings (SSSR count). The molecule has 20 heavy (non-hydrogen) atoms. The molecule has 105 valence electrons. The Morgan fingerprint density at radius 1 is 1.45 bits per heavy atom. The predicted molar refractivity (Wildman–Crippen MR) is 69.6 cm³/mol. The minimum absolute atomic E-state index is 0. The van der Waals surface area contributed by atoms with Crippen molar-refractivity contribution < 1.29 is 63.5 Å². The number of benzene rings is 1. The van der Waals surface area contributed by atoms with E-state index in [4.69, 9.17) is 0 Å². The molecule has 1 unspecified atom stereocenters. The number of carbonyl (C=O) groups is 2. The van der Waals surface area contributed by atoms with Gasteiger partial charge in [-0.25, -0.2) is 0 Å². The number of rotatable bonds is 3. The molecule has 0 aromatic heterocycles. The van der Waals surface area contributed by atoms with Crippen LogP contribution in [0.25, 0.3) is 0 Å². The summed E-state index contributed by atoms with van der Waals surface area (Å²) in [4.78, 5) is 23.7. The molecule has 0 bridgehead atoms. The molecule has 1 aliphatic rings. The van der Waals surface area contributed by atoms with Crippen LogP contribution in [-0.2, 0) is 14.3 Å². The molecule has 0 spiro atoms. The van der Waals surface area contributed by atoms with Crippen molar-refractivity contribution in [2.24, 2.45) is 11.8 Å². The molecule has 1 radical (unpaired) electrons. The topological polar surface area (TPSA) is 63.6 Å². The SMILES string of the molecule is COC(=O)C1C(=O)C[C@H](c2cccc(C)c2)[C@H]1CO.[Ac]. The van der Waals surface area contributed by atoms with E-state index in [2.05, 4.69) is 4.74 Å². The summed E-state index contributed by atoms with van der Waals surface area (Å²) in [5, 5.41) is 9.54. The van der Waals surface area contributed by atoms with Crippen molar-refractivity contribution in [3.05, 3.63) is 35.4 Å².